The van der Waals surface area contributed by atoms with Gasteiger partial charge in [0, 0.05) is 30.5 Å². The lowest BCUT2D eigenvalue weighted by atomic mass is 10.2. The third-order valence-electron chi connectivity index (χ3n) is 6.05. The van der Waals surface area contributed by atoms with E-state index in [1.165, 1.54) is 0 Å². The van der Waals surface area contributed by atoms with Crippen LogP contribution < -0.4 is 0 Å². The van der Waals surface area contributed by atoms with Gasteiger partial charge in [0.05, 0.1) is 28.6 Å². The summed E-state index contributed by atoms with van der Waals surface area (Å²) in [5.74, 6) is 0.730. The number of aromatic nitrogens is 2. The van der Waals surface area contributed by atoms with Gasteiger partial charge in [-0.1, -0.05) is 35.5 Å². The maximum Gasteiger partial charge on any atom is 0.243 e. The van der Waals surface area contributed by atoms with E-state index in [2.05, 4.69) is 4.57 Å². The molecule has 2 aliphatic rings. The van der Waals surface area contributed by atoms with Gasteiger partial charge in [0.2, 0.25) is 10.0 Å². The van der Waals surface area contributed by atoms with Crippen LogP contribution in [-0.2, 0) is 27.1 Å². The molecule has 3 aromatic rings. The van der Waals surface area contributed by atoms with E-state index in [9.17, 15) is 8.42 Å². The van der Waals surface area contributed by atoms with Crippen molar-refractivity contribution in [2.24, 2.45) is 0 Å². The van der Waals surface area contributed by atoms with Gasteiger partial charge in [-0.25, -0.2) is 13.4 Å². The fraction of sp³-hybridized carbons (Fsp3) is 0.435. The Morgan fingerprint density at radius 2 is 1.97 bits per heavy atom. The third-order valence-corrected chi connectivity index (χ3v) is 9.23. The van der Waals surface area contributed by atoms with Crippen molar-refractivity contribution in [2.45, 2.75) is 54.1 Å². The number of sulfonamides is 1. The van der Waals surface area contributed by atoms with Crippen LogP contribution in [0, 0.1) is 0 Å². The van der Waals surface area contributed by atoms with Gasteiger partial charge in [0.1, 0.15) is 0 Å². The number of hydrogen-bond donors (Lipinski definition) is 0. The summed E-state index contributed by atoms with van der Waals surface area (Å²) in [5, 5.41) is 1.58. The van der Waals surface area contributed by atoms with E-state index in [1.54, 1.807) is 28.2 Å². The summed E-state index contributed by atoms with van der Waals surface area (Å²) in [6.45, 7) is 2.69. The minimum atomic E-state index is -3.48. The second-order valence-electron chi connectivity index (χ2n) is 8.32. The van der Waals surface area contributed by atoms with Gasteiger partial charge in [-0.2, -0.15) is 4.31 Å². The van der Waals surface area contributed by atoms with E-state index in [-0.39, 0.29) is 6.10 Å². The van der Waals surface area contributed by atoms with E-state index >= 15 is 0 Å². The molecule has 0 saturated carbocycles. The van der Waals surface area contributed by atoms with Crippen LogP contribution in [0.1, 0.15) is 31.2 Å². The molecule has 0 spiro atoms. The van der Waals surface area contributed by atoms with Gasteiger partial charge in [0.25, 0.3) is 0 Å². The molecule has 0 amide bonds. The van der Waals surface area contributed by atoms with Crippen LogP contribution in [0.3, 0.4) is 0 Å². The fourth-order valence-corrected chi connectivity index (χ4v) is 7.10. The number of thioether (sulfide) groups is 1. The van der Waals surface area contributed by atoms with Crippen LogP contribution >= 0.6 is 23.4 Å². The van der Waals surface area contributed by atoms with Crippen LogP contribution in [0.5, 0.6) is 0 Å². The summed E-state index contributed by atoms with van der Waals surface area (Å²) in [6, 6.07) is 13.2. The van der Waals surface area contributed by atoms with Crippen LogP contribution in [0.15, 0.2) is 52.5 Å². The molecule has 1 atom stereocenters. The average molecular weight is 492 g/mol. The molecule has 0 N–H and O–H groups in total. The summed E-state index contributed by atoms with van der Waals surface area (Å²) in [7, 11) is -3.48. The molecule has 9 heteroatoms. The number of benzene rings is 2. The minimum absolute atomic E-state index is 0.158. The predicted molar refractivity (Wildman–Crippen MR) is 128 cm³/mol. The highest BCUT2D eigenvalue weighted by Crippen LogP contribution is 2.31. The standard InChI is InChI=1S/C23H26ClN3O3S2/c24-18-6-3-5-17(13-18)16-31-23-25-21-14-20(32(28,29)26-10-1-2-11-26)8-9-22(21)27(23)15-19-7-4-12-30-19/h3,5-6,8-9,13-14,19H,1-2,4,7,10-12,15-16H2/t19-/m1/s1. The van der Waals surface area contributed by atoms with Gasteiger partial charge in [-0.3, -0.25) is 0 Å². The van der Waals surface area contributed by atoms with Crippen molar-refractivity contribution >= 4 is 44.4 Å². The molecule has 0 bridgehead atoms. The van der Waals surface area contributed by atoms with E-state index < -0.39 is 10.0 Å². The zero-order chi connectivity index (χ0) is 22.1. The molecule has 32 heavy (non-hydrogen) atoms. The first kappa shape index (κ1) is 22.2. The number of fused-ring (bicyclic) bond motifs is 1. The Hall–Kier alpha value is -1.58. The summed E-state index contributed by atoms with van der Waals surface area (Å²) in [6.07, 6.45) is 4.09. The van der Waals surface area contributed by atoms with Gasteiger partial charge in [-0.05, 0) is 61.6 Å². The summed E-state index contributed by atoms with van der Waals surface area (Å²) >= 11 is 7.78. The van der Waals surface area contributed by atoms with Crippen LogP contribution in [0.2, 0.25) is 5.02 Å². The highest BCUT2D eigenvalue weighted by atomic mass is 35.5. The van der Waals surface area contributed by atoms with Crippen molar-refractivity contribution in [3.8, 4) is 0 Å². The first-order valence-electron chi connectivity index (χ1n) is 11.0. The number of halogens is 1. The molecule has 2 aliphatic heterocycles. The number of rotatable bonds is 7. The van der Waals surface area contributed by atoms with E-state index in [1.807, 2.05) is 30.3 Å². The molecule has 3 heterocycles. The normalized spacial score (nSPS) is 19.8. The van der Waals surface area contributed by atoms with Crippen molar-refractivity contribution < 1.29 is 13.2 Å². The quantitative estimate of drug-likeness (QED) is 0.438. The van der Waals surface area contributed by atoms with Crippen molar-refractivity contribution in [3.05, 3.63) is 53.1 Å². The second-order valence-corrected chi connectivity index (χ2v) is 11.6. The van der Waals surface area contributed by atoms with E-state index in [0.29, 0.717) is 35.1 Å². The molecule has 0 radical (unpaired) electrons. The molecular formula is C23H26ClN3O3S2. The highest BCUT2D eigenvalue weighted by molar-refractivity contribution is 7.98. The first-order chi connectivity index (χ1) is 15.5. The lowest BCUT2D eigenvalue weighted by Gasteiger charge is -2.16. The van der Waals surface area contributed by atoms with Crippen molar-refractivity contribution in [1.82, 2.24) is 13.9 Å². The van der Waals surface area contributed by atoms with E-state index in [4.69, 9.17) is 21.3 Å². The maximum atomic E-state index is 13.0. The Kier molecular flexibility index (Phi) is 6.49. The molecule has 0 aliphatic carbocycles. The SMILES string of the molecule is O=S(=O)(c1ccc2c(c1)nc(SCc1cccc(Cl)c1)n2C[C@H]1CCCO1)N1CCCC1. The van der Waals surface area contributed by atoms with E-state index in [0.717, 1.165) is 54.3 Å². The predicted octanol–water partition coefficient (Wildman–Crippen LogP) is 4.95. The summed E-state index contributed by atoms with van der Waals surface area (Å²) in [5.41, 5.74) is 2.77. The minimum Gasteiger partial charge on any atom is -0.376 e. The molecule has 2 saturated heterocycles. The maximum absolute atomic E-state index is 13.0. The zero-order valence-corrected chi connectivity index (χ0v) is 20.1. The summed E-state index contributed by atoms with van der Waals surface area (Å²) in [4.78, 5) is 5.17. The van der Waals surface area contributed by atoms with Crippen molar-refractivity contribution in [1.29, 1.82) is 0 Å². The molecule has 1 aromatic heterocycles. The smallest absolute Gasteiger partial charge is 0.243 e. The Labute approximate surface area is 198 Å². The van der Waals surface area contributed by atoms with Gasteiger partial charge in [0.15, 0.2) is 5.16 Å². The zero-order valence-electron chi connectivity index (χ0n) is 17.7. The molecule has 2 fully saturated rings. The fourth-order valence-electron chi connectivity index (χ4n) is 4.38. The van der Waals surface area contributed by atoms with Crippen molar-refractivity contribution in [3.63, 3.8) is 0 Å². The lowest BCUT2D eigenvalue weighted by molar-refractivity contribution is 0.0960. The van der Waals surface area contributed by atoms with Crippen LogP contribution in [-0.4, -0.2) is 48.1 Å². The monoisotopic (exact) mass is 491 g/mol. The molecule has 2 aromatic carbocycles. The van der Waals surface area contributed by atoms with Crippen LogP contribution in [0.25, 0.3) is 11.0 Å². The largest absolute Gasteiger partial charge is 0.376 e. The third kappa shape index (κ3) is 4.56. The van der Waals surface area contributed by atoms with Crippen molar-refractivity contribution in [2.75, 3.05) is 19.7 Å². The lowest BCUT2D eigenvalue weighted by Crippen LogP contribution is -2.27. The molecular weight excluding hydrogens is 466 g/mol. The average Bonchev–Trinajstić information content (AvgIpc) is 3.54. The Balaban J connectivity index is 1.48. The molecule has 6 nitrogen and oxygen atoms in total. The number of imidazole rings is 1. The van der Waals surface area contributed by atoms with Gasteiger partial charge < -0.3 is 9.30 Å². The topological polar surface area (TPSA) is 64.4 Å². The molecule has 170 valence electrons. The summed E-state index contributed by atoms with van der Waals surface area (Å²) < 4.78 is 35.7. The highest BCUT2D eigenvalue weighted by Gasteiger charge is 2.28. The molecule has 0 unspecified atom stereocenters. The molecule has 5 rings (SSSR count). The number of nitrogens with zero attached hydrogens (tertiary/aromatic N) is 3. The van der Waals surface area contributed by atoms with Crippen LogP contribution in [0.4, 0.5) is 0 Å². The Morgan fingerprint density at radius 1 is 1.12 bits per heavy atom. The Morgan fingerprint density at radius 3 is 2.72 bits per heavy atom. The first-order valence-corrected chi connectivity index (χ1v) is 13.8. The number of ether oxygens (including phenoxy) is 1. The van der Waals surface area contributed by atoms with Gasteiger partial charge >= 0.3 is 0 Å². The van der Waals surface area contributed by atoms with Gasteiger partial charge in [-0.15, -0.1) is 0 Å². The number of hydrogen-bond acceptors (Lipinski definition) is 5. The Bertz CT molecular complexity index is 1220. The second kappa shape index (κ2) is 9.35.